The van der Waals surface area contributed by atoms with Crippen LogP contribution in [0, 0.1) is 5.92 Å². The smallest absolute Gasteiger partial charge is 0.0784 e. The lowest BCUT2D eigenvalue weighted by atomic mass is 9.81. The first-order chi connectivity index (χ1) is 8.79. The Bertz CT molecular complexity index is 256. The SMILES string of the molecule is CCC/C=C/[C@@H]1C[C@H](O)C[C@H](C2CCCCC2)O1. The maximum absolute atomic E-state index is 10.0. The Kier molecular flexibility index (Phi) is 5.71. The summed E-state index contributed by atoms with van der Waals surface area (Å²) in [4.78, 5) is 0. The van der Waals surface area contributed by atoms with E-state index in [0.29, 0.717) is 12.0 Å². The molecule has 1 aliphatic heterocycles. The van der Waals surface area contributed by atoms with Gasteiger partial charge in [0, 0.05) is 6.42 Å². The van der Waals surface area contributed by atoms with Crippen LogP contribution in [0.25, 0.3) is 0 Å². The zero-order valence-electron chi connectivity index (χ0n) is 11.7. The minimum absolute atomic E-state index is 0.146. The molecule has 0 bridgehead atoms. The molecule has 0 spiro atoms. The fourth-order valence-corrected chi connectivity index (χ4v) is 3.32. The van der Waals surface area contributed by atoms with Crippen LogP contribution in [0.15, 0.2) is 12.2 Å². The van der Waals surface area contributed by atoms with Gasteiger partial charge in [0.05, 0.1) is 18.3 Å². The molecule has 104 valence electrons. The summed E-state index contributed by atoms with van der Waals surface area (Å²) in [6.45, 7) is 2.19. The van der Waals surface area contributed by atoms with Crippen molar-refractivity contribution in [1.82, 2.24) is 0 Å². The molecule has 18 heavy (non-hydrogen) atoms. The van der Waals surface area contributed by atoms with E-state index in [4.69, 9.17) is 4.74 Å². The lowest BCUT2D eigenvalue weighted by Gasteiger charge is -2.38. The zero-order valence-corrected chi connectivity index (χ0v) is 11.7. The van der Waals surface area contributed by atoms with E-state index in [2.05, 4.69) is 19.1 Å². The van der Waals surface area contributed by atoms with Crippen LogP contribution in [-0.4, -0.2) is 23.4 Å². The standard InChI is InChI=1S/C16H28O2/c1-2-3-5-10-15-11-14(17)12-16(18-15)13-8-6-4-7-9-13/h5,10,13-17H,2-4,6-9,11-12H2,1H3/b10-5+/t14-,15+,16+/m0/s1. The van der Waals surface area contributed by atoms with Gasteiger partial charge < -0.3 is 9.84 Å². The molecule has 2 aliphatic rings. The van der Waals surface area contributed by atoms with Gasteiger partial charge in [-0.3, -0.25) is 0 Å². The third-order valence-electron chi connectivity index (χ3n) is 4.34. The minimum Gasteiger partial charge on any atom is -0.393 e. The fourth-order valence-electron chi connectivity index (χ4n) is 3.32. The molecule has 0 aromatic rings. The summed E-state index contributed by atoms with van der Waals surface area (Å²) in [6.07, 6.45) is 15.2. The van der Waals surface area contributed by atoms with Gasteiger partial charge in [0.15, 0.2) is 0 Å². The number of hydrogen-bond donors (Lipinski definition) is 1. The molecule has 1 N–H and O–H groups in total. The number of hydrogen-bond acceptors (Lipinski definition) is 2. The predicted octanol–water partition coefficient (Wildman–Crippen LogP) is 3.83. The Hall–Kier alpha value is -0.340. The van der Waals surface area contributed by atoms with E-state index in [1.807, 2.05) is 0 Å². The normalized spacial score (nSPS) is 35.1. The van der Waals surface area contributed by atoms with Gasteiger partial charge in [-0.1, -0.05) is 44.8 Å². The number of ether oxygens (including phenoxy) is 1. The average Bonchev–Trinajstić information content (AvgIpc) is 2.39. The first-order valence-electron chi connectivity index (χ1n) is 7.79. The van der Waals surface area contributed by atoms with Gasteiger partial charge in [-0.05, 0) is 31.6 Å². The van der Waals surface area contributed by atoms with Gasteiger partial charge in [0.2, 0.25) is 0 Å². The lowest BCUT2D eigenvalue weighted by molar-refractivity contribution is -0.104. The van der Waals surface area contributed by atoms with Crippen molar-refractivity contribution in [2.75, 3.05) is 0 Å². The molecule has 2 nitrogen and oxygen atoms in total. The Morgan fingerprint density at radius 1 is 1.17 bits per heavy atom. The highest BCUT2D eigenvalue weighted by atomic mass is 16.5. The summed E-state index contributed by atoms with van der Waals surface area (Å²) >= 11 is 0. The van der Waals surface area contributed by atoms with E-state index in [1.165, 1.54) is 38.5 Å². The van der Waals surface area contributed by atoms with Gasteiger partial charge in [0.25, 0.3) is 0 Å². The Morgan fingerprint density at radius 2 is 1.94 bits per heavy atom. The highest BCUT2D eigenvalue weighted by Gasteiger charge is 2.32. The van der Waals surface area contributed by atoms with Crippen molar-refractivity contribution < 1.29 is 9.84 Å². The van der Waals surface area contributed by atoms with Crippen LogP contribution in [0.2, 0.25) is 0 Å². The molecule has 2 rings (SSSR count). The Morgan fingerprint density at radius 3 is 2.67 bits per heavy atom. The van der Waals surface area contributed by atoms with Gasteiger partial charge in [0.1, 0.15) is 0 Å². The minimum atomic E-state index is -0.165. The topological polar surface area (TPSA) is 29.5 Å². The largest absolute Gasteiger partial charge is 0.393 e. The predicted molar refractivity (Wildman–Crippen MR) is 74.5 cm³/mol. The maximum Gasteiger partial charge on any atom is 0.0784 e. The van der Waals surface area contributed by atoms with Crippen molar-refractivity contribution >= 4 is 0 Å². The summed E-state index contributed by atoms with van der Waals surface area (Å²) in [5.74, 6) is 0.691. The molecule has 3 atom stereocenters. The van der Waals surface area contributed by atoms with Gasteiger partial charge in [-0.15, -0.1) is 0 Å². The fraction of sp³-hybridized carbons (Fsp3) is 0.875. The molecule has 2 heteroatoms. The van der Waals surface area contributed by atoms with Crippen molar-refractivity contribution in [2.24, 2.45) is 5.92 Å². The number of allylic oxidation sites excluding steroid dienone is 1. The molecule has 1 saturated heterocycles. The van der Waals surface area contributed by atoms with Crippen LogP contribution in [-0.2, 0) is 4.74 Å². The summed E-state index contributed by atoms with van der Waals surface area (Å²) in [5.41, 5.74) is 0. The Balaban J connectivity index is 1.86. The van der Waals surface area contributed by atoms with Crippen molar-refractivity contribution in [2.45, 2.75) is 83.0 Å². The number of aliphatic hydroxyl groups is 1. The van der Waals surface area contributed by atoms with E-state index in [9.17, 15) is 5.11 Å². The molecule has 0 aromatic heterocycles. The van der Waals surface area contributed by atoms with E-state index in [1.54, 1.807) is 0 Å². The number of rotatable bonds is 4. The van der Waals surface area contributed by atoms with E-state index in [-0.39, 0.29) is 12.2 Å². The van der Waals surface area contributed by atoms with Crippen molar-refractivity contribution in [3.05, 3.63) is 12.2 Å². The third kappa shape index (κ3) is 4.10. The molecule has 1 aliphatic carbocycles. The van der Waals surface area contributed by atoms with Crippen molar-refractivity contribution in [3.8, 4) is 0 Å². The number of aliphatic hydroxyl groups excluding tert-OH is 1. The summed E-state index contributed by atoms with van der Waals surface area (Å²) in [6, 6.07) is 0. The van der Waals surface area contributed by atoms with Gasteiger partial charge in [-0.2, -0.15) is 0 Å². The van der Waals surface area contributed by atoms with E-state index >= 15 is 0 Å². The molecule has 2 fully saturated rings. The highest BCUT2D eigenvalue weighted by molar-refractivity contribution is 4.95. The van der Waals surface area contributed by atoms with Crippen LogP contribution < -0.4 is 0 Å². The van der Waals surface area contributed by atoms with E-state index in [0.717, 1.165) is 19.3 Å². The van der Waals surface area contributed by atoms with Gasteiger partial charge >= 0.3 is 0 Å². The molecule has 0 amide bonds. The van der Waals surface area contributed by atoms with Crippen LogP contribution in [0.1, 0.15) is 64.7 Å². The monoisotopic (exact) mass is 252 g/mol. The zero-order chi connectivity index (χ0) is 12.8. The molecule has 1 heterocycles. The van der Waals surface area contributed by atoms with Crippen LogP contribution in [0.3, 0.4) is 0 Å². The molecule has 0 aromatic carbocycles. The summed E-state index contributed by atoms with van der Waals surface area (Å²) in [5, 5.41) is 10.0. The molecule has 1 saturated carbocycles. The van der Waals surface area contributed by atoms with Crippen LogP contribution in [0.5, 0.6) is 0 Å². The van der Waals surface area contributed by atoms with Crippen LogP contribution >= 0.6 is 0 Å². The summed E-state index contributed by atoms with van der Waals surface area (Å²) in [7, 11) is 0. The highest BCUT2D eigenvalue weighted by Crippen LogP contribution is 2.34. The first-order valence-corrected chi connectivity index (χ1v) is 7.79. The maximum atomic E-state index is 10.0. The first kappa shape index (κ1) is 14.1. The summed E-state index contributed by atoms with van der Waals surface area (Å²) < 4.78 is 6.20. The number of unbranched alkanes of at least 4 members (excludes halogenated alkanes) is 1. The molecular weight excluding hydrogens is 224 g/mol. The molecular formula is C16H28O2. The Labute approximate surface area is 111 Å². The second-order valence-electron chi connectivity index (χ2n) is 5.95. The molecule has 0 unspecified atom stereocenters. The van der Waals surface area contributed by atoms with Crippen molar-refractivity contribution in [3.63, 3.8) is 0 Å². The third-order valence-corrected chi connectivity index (χ3v) is 4.34. The molecule has 0 radical (unpaired) electrons. The van der Waals surface area contributed by atoms with Crippen molar-refractivity contribution in [1.29, 1.82) is 0 Å². The second-order valence-corrected chi connectivity index (χ2v) is 5.95. The lowest BCUT2D eigenvalue weighted by Crippen LogP contribution is -2.39. The van der Waals surface area contributed by atoms with Gasteiger partial charge in [-0.25, -0.2) is 0 Å². The van der Waals surface area contributed by atoms with E-state index < -0.39 is 0 Å². The average molecular weight is 252 g/mol. The quantitative estimate of drug-likeness (QED) is 0.770. The van der Waals surface area contributed by atoms with Crippen LogP contribution in [0.4, 0.5) is 0 Å². The second kappa shape index (κ2) is 7.30.